The van der Waals surface area contributed by atoms with Crippen LogP contribution in [0, 0.1) is 0 Å². The molecule has 170 valence electrons. The second-order valence-corrected chi connectivity index (χ2v) is 8.44. The van der Waals surface area contributed by atoms with Gasteiger partial charge in [0.15, 0.2) is 0 Å². The molecule has 2 aromatic carbocycles. The van der Waals surface area contributed by atoms with Gasteiger partial charge in [-0.2, -0.15) is 0 Å². The maximum Gasteiger partial charge on any atom is 0.511 e. The summed E-state index contributed by atoms with van der Waals surface area (Å²) in [6.45, 7) is 8.83. The van der Waals surface area contributed by atoms with Crippen molar-refractivity contribution in [2.24, 2.45) is 0 Å². The quantitative estimate of drug-likeness (QED) is 0.259. The number of hydrogen-bond acceptors (Lipinski definition) is 2. The first kappa shape index (κ1) is 25.0. The summed E-state index contributed by atoms with van der Waals surface area (Å²) in [4.78, 5) is 11.6. The fourth-order valence-electron chi connectivity index (χ4n) is 4.42. The van der Waals surface area contributed by atoms with E-state index in [1.165, 1.54) is 27.8 Å². The molecule has 2 aromatic rings. The summed E-state index contributed by atoms with van der Waals surface area (Å²) >= 11 is 0. The number of rotatable bonds is 13. The molecular weight excluding hydrogens is 384 g/mol. The van der Waals surface area contributed by atoms with E-state index in [2.05, 4.69) is 52.0 Å². The highest BCUT2D eigenvalue weighted by atomic mass is 16.7. The molecule has 0 aliphatic heterocycles. The molecule has 0 saturated carbocycles. The third-order valence-corrected chi connectivity index (χ3v) is 5.99. The molecule has 0 heterocycles. The molecule has 3 nitrogen and oxygen atoms in total. The normalized spacial score (nSPS) is 11.0. The number of carbonyl (C=O) groups is 1. The molecule has 1 N–H and O–H groups in total. The fourth-order valence-corrected chi connectivity index (χ4v) is 4.42. The zero-order valence-electron chi connectivity index (χ0n) is 19.9. The van der Waals surface area contributed by atoms with E-state index in [1.54, 1.807) is 0 Å². The standard InChI is InChI=1S/C28H40O3/c1-5-9-16-23-24(17-10-6-2)26(22-19-13-12-15-21(22)14-8-4)20-27(31-28(29)30)25(23)18-11-7-3/h12-13,15,19-20H,5-11,14,16-18H2,1-4H3,(H,29,30). The van der Waals surface area contributed by atoms with Crippen molar-refractivity contribution in [1.82, 2.24) is 0 Å². The highest BCUT2D eigenvalue weighted by Gasteiger charge is 2.21. The minimum absolute atomic E-state index is 0.536. The first-order valence-electron chi connectivity index (χ1n) is 12.2. The Balaban J connectivity index is 2.81. The summed E-state index contributed by atoms with van der Waals surface area (Å²) in [6, 6.07) is 10.6. The van der Waals surface area contributed by atoms with Gasteiger partial charge in [-0.15, -0.1) is 0 Å². The van der Waals surface area contributed by atoms with Gasteiger partial charge in [-0.05, 0) is 84.4 Å². The Morgan fingerprint density at radius 3 is 1.90 bits per heavy atom. The van der Waals surface area contributed by atoms with Gasteiger partial charge in [0.25, 0.3) is 0 Å². The SMILES string of the molecule is CCCCc1c(OC(=O)O)cc(-c2ccccc2CCC)c(CCCC)c1CCCC. The van der Waals surface area contributed by atoms with Crippen molar-refractivity contribution in [2.75, 3.05) is 0 Å². The number of benzene rings is 2. The van der Waals surface area contributed by atoms with Gasteiger partial charge in [0.05, 0.1) is 0 Å². The van der Waals surface area contributed by atoms with Gasteiger partial charge < -0.3 is 9.84 Å². The zero-order valence-corrected chi connectivity index (χ0v) is 19.9. The smallest absolute Gasteiger partial charge is 0.449 e. The van der Waals surface area contributed by atoms with E-state index in [4.69, 9.17) is 4.74 Å². The fraction of sp³-hybridized carbons (Fsp3) is 0.536. The van der Waals surface area contributed by atoms with Gasteiger partial charge in [-0.25, -0.2) is 4.79 Å². The van der Waals surface area contributed by atoms with E-state index in [1.807, 2.05) is 6.07 Å². The minimum Gasteiger partial charge on any atom is -0.449 e. The third-order valence-electron chi connectivity index (χ3n) is 5.99. The van der Waals surface area contributed by atoms with Crippen molar-refractivity contribution in [1.29, 1.82) is 0 Å². The van der Waals surface area contributed by atoms with Crippen molar-refractivity contribution in [2.45, 2.75) is 98.3 Å². The molecule has 0 aliphatic rings. The van der Waals surface area contributed by atoms with Crippen LogP contribution < -0.4 is 4.74 Å². The Bertz CT molecular complexity index is 838. The molecule has 0 unspecified atom stereocenters. The van der Waals surface area contributed by atoms with Crippen LogP contribution in [0.2, 0.25) is 0 Å². The summed E-state index contributed by atoms with van der Waals surface area (Å²) < 4.78 is 5.40. The first-order valence-corrected chi connectivity index (χ1v) is 12.2. The molecule has 31 heavy (non-hydrogen) atoms. The number of hydrogen-bond donors (Lipinski definition) is 1. The van der Waals surface area contributed by atoms with Crippen molar-refractivity contribution >= 4 is 6.16 Å². The third kappa shape index (κ3) is 6.85. The molecular formula is C28H40O3. The maximum atomic E-state index is 11.6. The van der Waals surface area contributed by atoms with Gasteiger partial charge in [0.2, 0.25) is 0 Å². The van der Waals surface area contributed by atoms with Crippen LogP contribution in [-0.4, -0.2) is 11.3 Å². The van der Waals surface area contributed by atoms with Crippen LogP contribution in [0.1, 0.15) is 94.9 Å². The van der Waals surface area contributed by atoms with Crippen molar-refractivity contribution in [3.05, 3.63) is 52.6 Å². The average Bonchev–Trinajstić information content (AvgIpc) is 2.76. The molecule has 0 spiro atoms. The van der Waals surface area contributed by atoms with Crippen LogP contribution in [0.15, 0.2) is 30.3 Å². The number of aryl methyl sites for hydroxylation is 1. The topological polar surface area (TPSA) is 46.5 Å². The number of unbranched alkanes of at least 4 members (excludes halogenated alkanes) is 3. The maximum absolute atomic E-state index is 11.6. The van der Waals surface area contributed by atoms with E-state index >= 15 is 0 Å². The Morgan fingerprint density at radius 2 is 1.32 bits per heavy atom. The van der Waals surface area contributed by atoms with Gasteiger partial charge in [-0.1, -0.05) is 77.6 Å². The first-order chi connectivity index (χ1) is 15.1. The summed E-state index contributed by atoms with van der Waals surface area (Å²) in [5, 5.41) is 9.47. The lowest BCUT2D eigenvalue weighted by atomic mass is 9.83. The molecule has 2 rings (SSSR count). The Hall–Kier alpha value is -2.29. The number of ether oxygens (including phenoxy) is 1. The van der Waals surface area contributed by atoms with Gasteiger partial charge in [0, 0.05) is 0 Å². The molecule has 0 fully saturated rings. The van der Waals surface area contributed by atoms with Gasteiger partial charge in [-0.3, -0.25) is 0 Å². The highest BCUT2D eigenvalue weighted by Crippen LogP contribution is 2.39. The predicted octanol–water partition coefficient (Wildman–Crippen LogP) is 8.39. The lowest BCUT2D eigenvalue weighted by molar-refractivity contribution is 0.144. The lowest BCUT2D eigenvalue weighted by Crippen LogP contribution is -2.11. The summed E-state index contributed by atoms with van der Waals surface area (Å²) in [7, 11) is 0. The monoisotopic (exact) mass is 424 g/mol. The van der Waals surface area contributed by atoms with E-state index in [-0.39, 0.29) is 0 Å². The van der Waals surface area contributed by atoms with E-state index in [0.29, 0.717) is 5.75 Å². The average molecular weight is 425 g/mol. The number of carboxylic acid groups (broad SMARTS) is 1. The second-order valence-electron chi connectivity index (χ2n) is 8.44. The zero-order chi connectivity index (χ0) is 22.6. The summed E-state index contributed by atoms with van der Waals surface area (Å²) in [5.41, 5.74) is 7.57. The summed E-state index contributed by atoms with van der Waals surface area (Å²) in [6.07, 6.45) is 10.3. The molecule has 3 heteroatoms. The van der Waals surface area contributed by atoms with Crippen LogP contribution in [0.25, 0.3) is 11.1 Å². The van der Waals surface area contributed by atoms with Gasteiger partial charge in [0.1, 0.15) is 5.75 Å². The molecule has 0 amide bonds. The van der Waals surface area contributed by atoms with Crippen LogP contribution in [-0.2, 0) is 25.7 Å². The Morgan fingerprint density at radius 1 is 0.742 bits per heavy atom. The molecule has 0 bridgehead atoms. The molecule has 0 radical (unpaired) electrons. The molecule has 0 aliphatic carbocycles. The van der Waals surface area contributed by atoms with Crippen LogP contribution >= 0.6 is 0 Å². The molecule has 0 aromatic heterocycles. The van der Waals surface area contributed by atoms with Crippen LogP contribution in [0.4, 0.5) is 4.79 Å². The largest absolute Gasteiger partial charge is 0.511 e. The van der Waals surface area contributed by atoms with Gasteiger partial charge >= 0.3 is 6.16 Å². The lowest BCUT2D eigenvalue weighted by Gasteiger charge is -2.23. The summed E-state index contributed by atoms with van der Waals surface area (Å²) in [5.74, 6) is 0.536. The van der Waals surface area contributed by atoms with Crippen molar-refractivity contribution < 1.29 is 14.6 Å². The Kier molecular flexibility index (Phi) is 10.6. The van der Waals surface area contributed by atoms with E-state index in [9.17, 15) is 9.90 Å². The highest BCUT2D eigenvalue weighted by molar-refractivity contribution is 5.76. The van der Waals surface area contributed by atoms with Crippen molar-refractivity contribution in [3.8, 4) is 16.9 Å². The van der Waals surface area contributed by atoms with Crippen molar-refractivity contribution in [3.63, 3.8) is 0 Å². The van der Waals surface area contributed by atoms with Crippen LogP contribution in [0.5, 0.6) is 5.75 Å². The minimum atomic E-state index is -1.23. The molecule has 0 saturated heterocycles. The molecule has 0 atom stereocenters. The van der Waals surface area contributed by atoms with E-state index < -0.39 is 6.16 Å². The van der Waals surface area contributed by atoms with E-state index in [0.717, 1.165) is 76.2 Å². The Labute approximate surface area is 188 Å². The second kappa shape index (κ2) is 13.2. The predicted molar refractivity (Wildman–Crippen MR) is 130 cm³/mol. The van der Waals surface area contributed by atoms with Crippen LogP contribution in [0.3, 0.4) is 0 Å².